The normalized spacial score (nSPS) is 16.0. The van der Waals surface area contributed by atoms with Gasteiger partial charge in [-0.15, -0.1) is 0 Å². The SMILES string of the molecule is Cc1cccc(/C=C2/N=C(c3cccc(Br)c3)OC2=O)c1. The molecule has 0 spiro atoms. The topological polar surface area (TPSA) is 38.7 Å². The second kappa shape index (κ2) is 5.66. The average molecular weight is 342 g/mol. The van der Waals surface area contributed by atoms with Crippen molar-refractivity contribution < 1.29 is 9.53 Å². The molecule has 3 nitrogen and oxygen atoms in total. The summed E-state index contributed by atoms with van der Waals surface area (Å²) >= 11 is 3.39. The smallest absolute Gasteiger partial charge is 0.363 e. The highest BCUT2D eigenvalue weighted by Gasteiger charge is 2.24. The van der Waals surface area contributed by atoms with Crippen molar-refractivity contribution in [3.05, 3.63) is 75.4 Å². The first-order chi connectivity index (χ1) is 10.1. The zero-order chi connectivity index (χ0) is 14.8. The van der Waals surface area contributed by atoms with E-state index < -0.39 is 5.97 Å². The molecule has 1 heterocycles. The fraction of sp³-hybridized carbons (Fsp3) is 0.0588. The highest BCUT2D eigenvalue weighted by Crippen LogP contribution is 2.21. The van der Waals surface area contributed by atoms with E-state index in [-0.39, 0.29) is 0 Å². The van der Waals surface area contributed by atoms with Crippen molar-refractivity contribution in [1.82, 2.24) is 0 Å². The lowest BCUT2D eigenvalue weighted by Gasteiger charge is -1.99. The van der Waals surface area contributed by atoms with Crippen LogP contribution in [0.5, 0.6) is 0 Å². The molecule has 104 valence electrons. The van der Waals surface area contributed by atoms with Crippen LogP contribution in [0.4, 0.5) is 0 Å². The minimum atomic E-state index is -0.425. The van der Waals surface area contributed by atoms with E-state index in [2.05, 4.69) is 20.9 Å². The zero-order valence-electron chi connectivity index (χ0n) is 11.3. The lowest BCUT2D eigenvalue weighted by Crippen LogP contribution is -2.05. The van der Waals surface area contributed by atoms with Crippen molar-refractivity contribution in [2.24, 2.45) is 4.99 Å². The van der Waals surface area contributed by atoms with Crippen molar-refractivity contribution >= 4 is 33.9 Å². The summed E-state index contributed by atoms with van der Waals surface area (Å²) in [4.78, 5) is 16.2. The van der Waals surface area contributed by atoms with Crippen molar-refractivity contribution in [1.29, 1.82) is 0 Å². The van der Waals surface area contributed by atoms with Gasteiger partial charge >= 0.3 is 5.97 Å². The first kappa shape index (κ1) is 13.8. The van der Waals surface area contributed by atoms with Crippen LogP contribution in [0.3, 0.4) is 0 Å². The van der Waals surface area contributed by atoms with Gasteiger partial charge in [-0.3, -0.25) is 0 Å². The van der Waals surface area contributed by atoms with Gasteiger partial charge in [0.05, 0.1) is 0 Å². The molecule has 0 saturated heterocycles. The number of carbonyl (C=O) groups excluding carboxylic acids is 1. The van der Waals surface area contributed by atoms with Crippen LogP contribution in [-0.4, -0.2) is 11.9 Å². The second-order valence-electron chi connectivity index (χ2n) is 4.76. The summed E-state index contributed by atoms with van der Waals surface area (Å²) in [6, 6.07) is 15.4. The Hall–Kier alpha value is -2.20. The van der Waals surface area contributed by atoms with Gasteiger partial charge in [-0.05, 0) is 36.8 Å². The number of carbonyl (C=O) groups is 1. The molecule has 0 aromatic heterocycles. The summed E-state index contributed by atoms with van der Waals surface area (Å²) in [5.74, 6) is -0.0910. The first-order valence-electron chi connectivity index (χ1n) is 6.47. The first-order valence-corrected chi connectivity index (χ1v) is 7.26. The summed E-state index contributed by atoms with van der Waals surface area (Å²) in [5, 5.41) is 0. The van der Waals surface area contributed by atoms with Crippen molar-refractivity contribution in [3.8, 4) is 0 Å². The predicted octanol–water partition coefficient (Wildman–Crippen LogP) is 4.10. The van der Waals surface area contributed by atoms with Crippen LogP contribution in [0, 0.1) is 6.92 Å². The van der Waals surface area contributed by atoms with Gasteiger partial charge in [-0.2, -0.15) is 0 Å². The maximum absolute atomic E-state index is 11.9. The molecule has 0 saturated carbocycles. The Morgan fingerprint density at radius 2 is 1.95 bits per heavy atom. The van der Waals surface area contributed by atoms with Gasteiger partial charge in [-0.1, -0.05) is 51.8 Å². The molecule has 0 radical (unpaired) electrons. The number of rotatable bonds is 2. The Morgan fingerprint density at radius 3 is 2.71 bits per heavy atom. The molecule has 4 heteroatoms. The third kappa shape index (κ3) is 3.11. The Kier molecular flexibility index (Phi) is 3.71. The lowest BCUT2D eigenvalue weighted by atomic mass is 10.1. The number of hydrogen-bond donors (Lipinski definition) is 0. The molecule has 21 heavy (non-hydrogen) atoms. The molecule has 0 fully saturated rings. The Bertz CT molecular complexity index is 778. The maximum atomic E-state index is 11.9. The van der Waals surface area contributed by atoms with Crippen LogP contribution in [0.2, 0.25) is 0 Å². The molecule has 1 aliphatic rings. The molecular formula is C17H12BrNO2. The van der Waals surface area contributed by atoms with Crippen LogP contribution in [0.25, 0.3) is 6.08 Å². The third-order valence-electron chi connectivity index (χ3n) is 3.04. The number of ether oxygens (including phenoxy) is 1. The summed E-state index contributed by atoms with van der Waals surface area (Å²) in [7, 11) is 0. The van der Waals surface area contributed by atoms with E-state index in [0.717, 1.165) is 21.2 Å². The fourth-order valence-electron chi connectivity index (χ4n) is 2.07. The fourth-order valence-corrected chi connectivity index (χ4v) is 2.47. The van der Waals surface area contributed by atoms with Crippen LogP contribution in [-0.2, 0) is 9.53 Å². The van der Waals surface area contributed by atoms with Gasteiger partial charge in [0.2, 0.25) is 5.90 Å². The van der Waals surface area contributed by atoms with E-state index in [9.17, 15) is 4.79 Å². The molecule has 0 atom stereocenters. The van der Waals surface area contributed by atoms with E-state index in [0.29, 0.717) is 11.6 Å². The number of benzene rings is 2. The quantitative estimate of drug-likeness (QED) is 0.609. The minimum absolute atomic E-state index is 0.315. The molecule has 0 aliphatic carbocycles. The zero-order valence-corrected chi connectivity index (χ0v) is 12.9. The molecule has 2 aromatic carbocycles. The molecule has 2 aromatic rings. The van der Waals surface area contributed by atoms with E-state index in [1.165, 1.54) is 0 Å². The molecule has 1 aliphatic heterocycles. The number of halogens is 1. The van der Waals surface area contributed by atoms with E-state index in [1.54, 1.807) is 6.08 Å². The molecular weight excluding hydrogens is 330 g/mol. The van der Waals surface area contributed by atoms with Crippen molar-refractivity contribution in [2.75, 3.05) is 0 Å². The monoisotopic (exact) mass is 341 g/mol. The van der Waals surface area contributed by atoms with Gasteiger partial charge in [0, 0.05) is 10.0 Å². The molecule has 0 unspecified atom stereocenters. The molecule has 0 amide bonds. The van der Waals surface area contributed by atoms with Crippen LogP contribution in [0.1, 0.15) is 16.7 Å². The lowest BCUT2D eigenvalue weighted by molar-refractivity contribution is -0.129. The van der Waals surface area contributed by atoms with Crippen molar-refractivity contribution in [2.45, 2.75) is 6.92 Å². The summed E-state index contributed by atoms with van der Waals surface area (Å²) < 4.78 is 6.15. The molecule has 3 rings (SSSR count). The molecule has 0 bridgehead atoms. The Labute approximate surface area is 131 Å². The maximum Gasteiger partial charge on any atom is 0.363 e. The summed E-state index contributed by atoms with van der Waals surface area (Å²) in [6.45, 7) is 2.01. The highest BCUT2D eigenvalue weighted by molar-refractivity contribution is 9.10. The standard InChI is InChI=1S/C17H12BrNO2/c1-11-4-2-5-12(8-11)9-15-17(20)21-16(19-15)13-6-3-7-14(18)10-13/h2-10H,1H3/b15-9+. The van der Waals surface area contributed by atoms with Gasteiger partial charge in [-0.25, -0.2) is 9.79 Å². The van der Waals surface area contributed by atoms with Crippen LogP contribution < -0.4 is 0 Å². The van der Waals surface area contributed by atoms with Gasteiger partial charge in [0.15, 0.2) is 5.70 Å². The van der Waals surface area contributed by atoms with Crippen LogP contribution >= 0.6 is 15.9 Å². The number of esters is 1. The average Bonchev–Trinajstić information content (AvgIpc) is 2.80. The van der Waals surface area contributed by atoms with E-state index in [4.69, 9.17) is 4.74 Å². The Balaban J connectivity index is 1.95. The number of cyclic esters (lactones) is 1. The summed E-state index contributed by atoms with van der Waals surface area (Å²) in [6.07, 6.45) is 1.74. The predicted molar refractivity (Wildman–Crippen MR) is 85.9 cm³/mol. The number of aryl methyl sites for hydroxylation is 1. The second-order valence-corrected chi connectivity index (χ2v) is 5.68. The molecule has 0 N–H and O–H groups in total. The van der Waals surface area contributed by atoms with Crippen LogP contribution in [0.15, 0.2) is 63.7 Å². The number of aliphatic imine (C=N–C) groups is 1. The van der Waals surface area contributed by atoms with E-state index in [1.807, 2.05) is 55.5 Å². The Morgan fingerprint density at radius 1 is 1.14 bits per heavy atom. The summed E-state index contributed by atoms with van der Waals surface area (Å²) in [5.41, 5.74) is 3.15. The van der Waals surface area contributed by atoms with Crippen molar-refractivity contribution in [3.63, 3.8) is 0 Å². The highest BCUT2D eigenvalue weighted by atomic mass is 79.9. The minimum Gasteiger partial charge on any atom is -0.402 e. The van der Waals surface area contributed by atoms with Gasteiger partial charge in [0.25, 0.3) is 0 Å². The third-order valence-corrected chi connectivity index (χ3v) is 3.53. The number of hydrogen-bond acceptors (Lipinski definition) is 3. The number of nitrogens with zero attached hydrogens (tertiary/aromatic N) is 1. The van der Waals surface area contributed by atoms with Gasteiger partial charge in [0.1, 0.15) is 0 Å². The van der Waals surface area contributed by atoms with E-state index >= 15 is 0 Å². The largest absolute Gasteiger partial charge is 0.402 e. The van der Waals surface area contributed by atoms with Gasteiger partial charge < -0.3 is 4.74 Å².